The number of aliphatic hydroxyl groups excluding tert-OH is 1. The molecule has 4 rings (SSSR count). The number of rotatable bonds is 3. The quantitative estimate of drug-likeness (QED) is 0.504. The van der Waals surface area contributed by atoms with E-state index in [4.69, 9.17) is 4.74 Å². The molecule has 1 aromatic rings. The molecule has 0 aromatic heterocycles. The number of nitrogens with zero attached hydrogens (tertiary/aromatic N) is 1. The van der Waals surface area contributed by atoms with Crippen LogP contribution in [-0.2, 0) is 14.3 Å². The molecule has 23 heavy (non-hydrogen) atoms. The second-order valence-electron chi connectivity index (χ2n) is 6.18. The summed E-state index contributed by atoms with van der Waals surface area (Å²) in [4.78, 5) is 38.2. The minimum absolute atomic E-state index is 0.136. The first-order valence-corrected chi connectivity index (χ1v) is 7.45. The number of carbonyl (C=O) groups excluding carboxylic acids is 3. The Kier molecular flexibility index (Phi) is 2.86. The maximum atomic E-state index is 12.8. The number of Topliss-reactive ketones (excluding diaryl/α,β-unsaturated/α-hetero) is 1. The number of fused-ring (bicyclic) bond motifs is 5. The van der Waals surface area contributed by atoms with Crippen LogP contribution in [0.3, 0.4) is 0 Å². The minimum atomic E-state index is -1.10. The van der Waals surface area contributed by atoms with Crippen LogP contribution in [0.1, 0.15) is 17.3 Å². The zero-order valence-electron chi connectivity index (χ0n) is 12.4. The largest absolute Gasteiger partial charge is 0.393 e. The van der Waals surface area contributed by atoms with Crippen LogP contribution in [0.4, 0.5) is 5.69 Å². The molecule has 118 valence electrons. The van der Waals surface area contributed by atoms with E-state index in [-0.39, 0.29) is 24.2 Å². The summed E-state index contributed by atoms with van der Waals surface area (Å²) in [5.41, 5.74) is -0.279. The van der Waals surface area contributed by atoms with Gasteiger partial charge in [0.25, 0.3) is 0 Å². The van der Waals surface area contributed by atoms with Crippen molar-refractivity contribution in [1.29, 1.82) is 0 Å². The highest BCUT2D eigenvalue weighted by Gasteiger charge is 2.67. The molecule has 0 aliphatic carbocycles. The third kappa shape index (κ3) is 1.73. The Balaban J connectivity index is 1.76. The van der Waals surface area contributed by atoms with E-state index in [2.05, 4.69) is 0 Å². The van der Waals surface area contributed by atoms with Crippen LogP contribution < -0.4 is 4.90 Å². The predicted molar refractivity (Wildman–Crippen MR) is 79.7 cm³/mol. The second-order valence-corrected chi connectivity index (χ2v) is 6.18. The van der Waals surface area contributed by atoms with E-state index in [0.717, 1.165) is 4.90 Å². The standard InChI is InChI=1S/C17H15NO5/c1-9(20)10-3-2-4-11(7-10)18-15(21)13-12-5-6-17(8-19,23-12)14(13)16(18)22/h2-7,12-14,19H,8H2,1H3. The maximum Gasteiger partial charge on any atom is 0.241 e. The average molecular weight is 313 g/mol. The van der Waals surface area contributed by atoms with E-state index >= 15 is 0 Å². The Hall–Kier alpha value is -2.31. The third-order valence-corrected chi connectivity index (χ3v) is 4.91. The molecule has 0 saturated carbocycles. The first kappa shape index (κ1) is 14.3. The highest BCUT2D eigenvalue weighted by atomic mass is 16.5. The molecule has 1 N–H and O–H groups in total. The van der Waals surface area contributed by atoms with Crippen molar-refractivity contribution in [1.82, 2.24) is 0 Å². The number of hydrogen-bond donors (Lipinski definition) is 1. The second kappa shape index (κ2) is 4.59. The van der Waals surface area contributed by atoms with E-state index in [1.807, 2.05) is 0 Å². The van der Waals surface area contributed by atoms with Crippen LogP contribution in [-0.4, -0.2) is 41.0 Å². The summed E-state index contributed by atoms with van der Waals surface area (Å²) in [6.45, 7) is 1.09. The van der Waals surface area contributed by atoms with Crippen LogP contribution in [0.15, 0.2) is 36.4 Å². The number of benzene rings is 1. The lowest BCUT2D eigenvalue weighted by Crippen LogP contribution is -2.43. The molecule has 4 unspecified atom stereocenters. The fourth-order valence-corrected chi connectivity index (χ4v) is 3.80. The Morgan fingerprint density at radius 1 is 1.35 bits per heavy atom. The predicted octanol–water partition coefficient (Wildman–Crippen LogP) is 0.694. The topological polar surface area (TPSA) is 83.9 Å². The van der Waals surface area contributed by atoms with Gasteiger partial charge >= 0.3 is 0 Å². The van der Waals surface area contributed by atoms with Gasteiger partial charge in [-0.3, -0.25) is 14.4 Å². The molecule has 6 nitrogen and oxygen atoms in total. The van der Waals surface area contributed by atoms with Gasteiger partial charge in [0.1, 0.15) is 5.60 Å². The Bertz CT molecular complexity index is 770. The number of amides is 2. The summed E-state index contributed by atoms with van der Waals surface area (Å²) in [5, 5.41) is 9.67. The molecule has 3 aliphatic heterocycles. The van der Waals surface area contributed by atoms with Gasteiger partial charge in [0.05, 0.1) is 30.2 Å². The van der Waals surface area contributed by atoms with Crippen LogP contribution in [0.2, 0.25) is 0 Å². The first-order chi connectivity index (χ1) is 11.0. The van der Waals surface area contributed by atoms with E-state index in [0.29, 0.717) is 11.3 Å². The Morgan fingerprint density at radius 2 is 2.13 bits per heavy atom. The summed E-state index contributed by atoms with van der Waals surface area (Å²) >= 11 is 0. The van der Waals surface area contributed by atoms with Crippen molar-refractivity contribution >= 4 is 23.3 Å². The lowest BCUT2D eigenvalue weighted by Gasteiger charge is -2.26. The molecule has 2 saturated heterocycles. The SMILES string of the molecule is CC(=O)c1cccc(N2C(=O)C3C4C=CC(CO)(O4)C3C2=O)c1. The summed E-state index contributed by atoms with van der Waals surface area (Å²) in [7, 11) is 0. The summed E-state index contributed by atoms with van der Waals surface area (Å²) in [6, 6.07) is 6.46. The zero-order chi connectivity index (χ0) is 16.4. The molecule has 0 spiro atoms. The lowest BCUT2D eigenvalue weighted by molar-refractivity contribution is -0.128. The highest BCUT2D eigenvalue weighted by Crippen LogP contribution is 2.52. The number of anilines is 1. The van der Waals surface area contributed by atoms with Gasteiger partial charge in [-0.2, -0.15) is 0 Å². The third-order valence-electron chi connectivity index (χ3n) is 4.91. The number of ketones is 1. The minimum Gasteiger partial charge on any atom is -0.393 e. The maximum absolute atomic E-state index is 12.8. The van der Waals surface area contributed by atoms with Crippen LogP contribution in [0, 0.1) is 11.8 Å². The molecule has 4 atom stereocenters. The van der Waals surface area contributed by atoms with Crippen molar-refractivity contribution in [3.63, 3.8) is 0 Å². The average Bonchev–Trinajstić information content (AvgIpc) is 3.18. The molecule has 0 radical (unpaired) electrons. The van der Waals surface area contributed by atoms with Crippen molar-refractivity contribution in [2.75, 3.05) is 11.5 Å². The lowest BCUT2D eigenvalue weighted by atomic mass is 9.77. The first-order valence-electron chi connectivity index (χ1n) is 7.45. The van der Waals surface area contributed by atoms with Crippen molar-refractivity contribution in [2.24, 2.45) is 11.8 Å². The monoisotopic (exact) mass is 313 g/mol. The molecule has 1 aromatic carbocycles. The number of ether oxygens (including phenoxy) is 1. The fourth-order valence-electron chi connectivity index (χ4n) is 3.80. The molecule has 2 bridgehead atoms. The normalized spacial score (nSPS) is 34.3. The summed E-state index contributed by atoms with van der Waals surface area (Å²) < 4.78 is 5.68. The van der Waals surface area contributed by atoms with Gasteiger partial charge in [0, 0.05) is 5.56 Å². The van der Waals surface area contributed by atoms with E-state index in [9.17, 15) is 19.5 Å². The molecule has 6 heteroatoms. The Morgan fingerprint density at radius 3 is 2.83 bits per heavy atom. The van der Waals surface area contributed by atoms with E-state index in [1.54, 1.807) is 36.4 Å². The van der Waals surface area contributed by atoms with Crippen LogP contribution >= 0.6 is 0 Å². The van der Waals surface area contributed by atoms with Gasteiger partial charge < -0.3 is 9.84 Å². The van der Waals surface area contributed by atoms with Crippen molar-refractivity contribution in [3.8, 4) is 0 Å². The molecular formula is C17H15NO5. The Labute approximate surface area is 132 Å². The molecule has 2 amide bonds. The van der Waals surface area contributed by atoms with E-state index in [1.165, 1.54) is 6.92 Å². The zero-order valence-corrected chi connectivity index (χ0v) is 12.4. The van der Waals surface area contributed by atoms with Gasteiger partial charge in [0.15, 0.2) is 5.78 Å². The summed E-state index contributed by atoms with van der Waals surface area (Å²) in [6.07, 6.45) is 2.93. The van der Waals surface area contributed by atoms with Crippen molar-refractivity contribution < 1.29 is 24.2 Å². The number of hydrogen-bond acceptors (Lipinski definition) is 5. The molecular weight excluding hydrogens is 298 g/mol. The summed E-state index contributed by atoms with van der Waals surface area (Å²) in [5.74, 6) is -2.19. The number of imide groups is 1. The number of aliphatic hydroxyl groups is 1. The van der Waals surface area contributed by atoms with Gasteiger partial charge in [-0.15, -0.1) is 0 Å². The van der Waals surface area contributed by atoms with Crippen LogP contribution in [0.5, 0.6) is 0 Å². The van der Waals surface area contributed by atoms with Gasteiger partial charge in [-0.25, -0.2) is 4.90 Å². The van der Waals surface area contributed by atoms with Gasteiger partial charge in [-0.1, -0.05) is 24.3 Å². The molecule has 2 fully saturated rings. The smallest absolute Gasteiger partial charge is 0.241 e. The van der Waals surface area contributed by atoms with Crippen LogP contribution in [0.25, 0.3) is 0 Å². The molecule has 3 heterocycles. The van der Waals surface area contributed by atoms with Crippen molar-refractivity contribution in [3.05, 3.63) is 42.0 Å². The van der Waals surface area contributed by atoms with Gasteiger partial charge in [0.2, 0.25) is 11.8 Å². The highest BCUT2D eigenvalue weighted by molar-refractivity contribution is 6.23. The fraction of sp³-hybridized carbons (Fsp3) is 0.353. The number of carbonyl (C=O) groups is 3. The van der Waals surface area contributed by atoms with Crippen molar-refractivity contribution in [2.45, 2.75) is 18.6 Å². The van der Waals surface area contributed by atoms with Gasteiger partial charge in [-0.05, 0) is 19.1 Å². The van der Waals surface area contributed by atoms with E-state index < -0.39 is 23.5 Å². The molecule has 3 aliphatic rings.